The zero-order chi connectivity index (χ0) is 15.3. The number of rotatable bonds is 3. The topological polar surface area (TPSA) is 83.6 Å². The van der Waals surface area contributed by atoms with E-state index in [1.54, 1.807) is 0 Å². The molecule has 2 saturated carbocycles. The lowest BCUT2D eigenvalue weighted by Crippen LogP contribution is -2.54. The second-order valence-corrected chi connectivity index (χ2v) is 6.84. The zero-order valence-electron chi connectivity index (χ0n) is 12.4. The Morgan fingerprint density at radius 3 is 2.82 bits per heavy atom. The van der Waals surface area contributed by atoms with Crippen LogP contribution in [0.25, 0.3) is 0 Å². The normalized spacial score (nSPS) is 33.5. The number of piperidine rings is 1. The molecule has 4 atom stereocenters. The van der Waals surface area contributed by atoms with Gasteiger partial charge in [0.1, 0.15) is 5.76 Å². The minimum Gasteiger partial charge on any atom is -0.476 e. The van der Waals surface area contributed by atoms with Crippen molar-refractivity contribution in [3.8, 4) is 0 Å². The minimum atomic E-state index is -1.07. The fourth-order valence-corrected chi connectivity index (χ4v) is 4.34. The van der Waals surface area contributed by atoms with Crippen molar-refractivity contribution in [2.75, 3.05) is 13.1 Å². The first-order valence-corrected chi connectivity index (χ1v) is 8.10. The molecule has 2 heterocycles. The van der Waals surface area contributed by atoms with E-state index < -0.39 is 5.97 Å². The number of aromatic nitrogens is 1. The number of carboxylic acids is 1. The molecule has 6 heteroatoms. The maximum atomic E-state index is 12.7. The van der Waals surface area contributed by atoms with Gasteiger partial charge in [0.2, 0.25) is 5.91 Å². The Morgan fingerprint density at radius 1 is 1.32 bits per heavy atom. The standard InChI is InChI=1S/C16H20N2O4/c19-15(12-6-9-3-4-11(9)12)18-5-1-2-10(7-18)14-13(16(20)21)17-8-22-14/h8-12H,1-7H2,(H,20,21)/t9-,10?,11-,12?/m0/s1. The highest BCUT2D eigenvalue weighted by Gasteiger charge is 2.51. The number of hydrogen-bond acceptors (Lipinski definition) is 4. The maximum Gasteiger partial charge on any atom is 0.358 e. The molecule has 22 heavy (non-hydrogen) atoms. The second-order valence-electron chi connectivity index (χ2n) is 6.84. The van der Waals surface area contributed by atoms with E-state index in [-0.39, 0.29) is 23.4 Å². The van der Waals surface area contributed by atoms with Gasteiger partial charge >= 0.3 is 5.97 Å². The predicted molar refractivity (Wildman–Crippen MR) is 76.3 cm³/mol. The molecule has 1 amide bonds. The SMILES string of the molecule is O=C(O)c1ncoc1C1CCCN(C(=O)C2C[C@@H]3CC[C@H]23)C1. The molecule has 2 unspecified atom stereocenters. The third kappa shape index (κ3) is 2.04. The Bertz CT molecular complexity index is 611. The Kier molecular flexibility index (Phi) is 3.20. The Hall–Kier alpha value is -1.85. The van der Waals surface area contributed by atoms with Gasteiger partial charge in [0, 0.05) is 24.9 Å². The molecule has 0 spiro atoms. The van der Waals surface area contributed by atoms with Crippen LogP contribution in [0.5, 0.6) is 0 Å². The molecule has 1 aliphatic heterocycles. The summed E-state index contributed by atoms with van der Waals surface area (Å²) in [5.41, 5.74) is -0.0120. The van der Waals surface area contributed by atoms with E-state index in [2.05, 4.69) is 4.98 Å². The average Bonchev–Trinajstić information content (AvgIpc) is 2.99. The van der Waals surface area contributed by atoms with E-state index in [9.17, 15) is 9.59 Å². The molecular formula is C16H20N2O4. The van der Waals surface area contributed by atoms with Gasteiger partial charge in [-0.3, -0.25) is 4.79 Å². The second kappa shape index (κ2) is 5.11. The molecule has 0 aromatic carbocycles. The Morgan fingerprint density at radius 2 is 2.18 bits per heavy atom. The number of likely N-dealkylation sites (tertiary alicyclic amines) is 1. The van der Waals surface area contributed by atoms with Crippen molar-refractivity contribution < 1.29 is 19.1 Å². The first-order valence-electron chi connectivity index (χ1n) is 8.10. The maximum absolute atomic E-state index is 12.7. The summed E-state index contributed by atoms with van der Waals surface area (Å²) >= 11 is 0. The van der Waals surface area contributed by atoms with Gasteiger partial charge in [-0.2, -0.15) is 0 Å². The third-order valence-corrected chi connectivity index (χ3v) is 5.77. The third-order valence-electron chi connectivity index (χ3n) is 5.77. The summed E-state index contributed by atoms with van der Waals surface area (Å²) in [7, 11) is 0. The van der Waals surface area contributed by atoms with Crippen molar-refractivity contribution in [2.24, 2.45) is 17.8 Å². The lowest BCUT2D eigenvalue weighted by atomic mass is 9.53. The van der Waals surface area contributed by atoms with E-state index in [0.29, 0.717) is 18.2 Å². The number of nitrogens with zero attached hydrogens (tertiary/aromatic N) is 2. The van der Waals surface area contributed by atoms with Gasteiger partial charge in [-0.05, 0) is 43.9 Å². The molecule has 1 N–H and O–H groups in total. The Labute approximate surface area is 128 Å². The summed E-state index contributed by atoms with van der Waals surface area (Å²) in [6, 6.07) is 0. The van der Waals surface area contributed by atoms with E-state index in [1.165, 1.54) is 19.2 Å². The zero-order valence-corrected chi connectivity index (χ0v) is 12.4. The largest absolute Gasteiger partial charge is 0.476 e. The van der Waals surface area contributed by atoms with Crippen molar-refractivity contribution in [2.45, 2.75) is 38.0 Å². The van der Waals surface area contributed by atoms with Gasteiger partial charge in [-0.1, -0.05) is 0 Å². The summed E-state index contributed by atoms with van der Waals surface area (Å²) in [5, 5.41) is 9.16. The van der Waals surface area contributed by atoms with Crippen LogP contribution in [0.1, 0.15) is 54.3 Å². The van der Waals surface area contributed by atoms with Crippen LogP contribution in [-0.2, 0) is 4.79 Å². The van der Waals surface area contributed by atoms with Crippen LogP contribution < -0.4 is 0 Å². The van der Waals surface area contributed by atoms with Crippen molar-refractivity contribution in [3.63, 3.8) is 0 Å². The summed E-state index contributed by atoms with van der Waals surface area (Å²) < 4.78 is 5.31. The van der Waals surface area contributed by atoms with Crippen LogP contribution in [-0.4, -0.2) is 40.0 Å². The number of carboxylic acid groups (broad SMARTS) is 1. The van der Waals surface area contributed by atoms with Gasteiger partial charge in [0.15, 0.2) is 12.1 Å². The quantitative estimate of drug-likeness (QED) is 0.924. The number of amides is 1. The fraction of sp³-hybridized carbons (Fsp3) is 0.688. The molecule has 3 fully saturated rings. The molecule has 0 radical (unpaired) electrons. The van der Waals surface area contributed by atoms with Crippen LogP contribution in [0.4, 0.5) is 0 Å². The lowest BCUT2D eigenvalue weighted by Gasteiger charge is -2.53. The highest BCUT2D eigenvalue weighted by Crippen LogP contribution is 2.54. The van der Waals surface area contributed by atoms with Crippen molar-refractivity contribution in [3.05, 3.63) is 17.8 Å². The number of carbonyl (C=O) groups excluding carboxylic acids is 1. The van der Waals surface area contributed by atoms with Crippen molar-refractivity contribution in [1.29, 1.82) is 0 Å². The highest BCUT2D eigenvalue weighted by atomic mass is 16.4. The van der Waals surface area contributed by atoms with Gasteiger partial charge in [-0.25, -0.2) is 9.78 Å². The number of hydrogen-bond donors (Lipinski definition) is 1. The lowest BCUT2D eigenvalue weighted by molar-refractivity contribution is -0.152. The first-order chi connectivity index (χ1) is 10.6. The van der Waals surface area contributed by atoms with Gasteiger partial charge in [-0.15, -0.1) is 0 Å². The van der Waals surface area contributed by atoms with E-state index in [0.717, 1.165) is 31.7 Å². The van der Waals surface area contributed by atoms with Crippen LogP contribution in [0.3, 0.4) is 0 Å². The number of fused-ring (bicyclic) bond motifs is 1. The van der Waals surface area contributed by atoms with Gasteiger partial charge in [0.25, 0.3) is 0 Å². The average molecular weight is 304 g/mol. The molecular weight excluding hydrogens is 284 g/mol. The van der Waals surface area contributed by atoms with Gasteiger partial charge < -0.3 is 14.4 Å². The van der Waals surface area contributed by atoms with Crippen LogP contribution in [0.2, 0.25) is 0 Å². The van der Waals surface area contributed by atoms with Crippen LogP contribution in [0, 0.1) is 17.8 Å². The molecule has 1 aromatic heterocycles. The molecule has 1 aromatic rings. The molecule has 4 rings (SSSR count). The predicted octanol–water partition coefficient (Wildman–Crippen LogP) is 2.12. The smallest absolute Gasteiger partial charge is 0.358 e. The van der Waals surface area contributed by atoms with E-state index in [4.69, 9.17) is 9.52 Å². The Balaban J connectivity index is 1.46. The summed E-state index contributed by atoms with van der Waals surface area (Å²) in [6.45, 7) is 1.34. The highest BCUT2D eigenvalue weighted by molar-refractivity contribution is 5.86. The van der Waals surface area contributed by atoms with Crippen molar-refractivity contribution in [1.82, 2.24) is 9.88 Å². The molecule has 3 aliphatic rings. The number of carbonyl (C=O) groups is 2. The minimum absolute atomic E-state index is 0.0120. The number of oxazole rings is 1. The molecule has 1 saturated heterocycles. The summed E-state index contributed by atoms with van der Waals surface area (Å²) in [6.07, 6.45) is 6.45. The van der Waals surface area contributed by atoms with Crippen LogP contribution in [0.15, 0.2) is 10.8 Å². The fourth-order valence-electron chi connectivity index (χ4n) is 4.34. The molecule has 118 valence electrons. The number of aromatic carboxylic acids is 1. The van der Waals surface area contributed by atoms with E-state index >= 15 is 0 Å². The van der Waals surface area contributed by atoms with Crippen LogP contribution >= 0.6 is 0 Å². The molecule has 0 bridgehead atoms. The van der Waals surface area contributed by atoms with Gasteiger partial charge in [0.05, 0.1) is 0 Å². The first kappa shape index (κ1) is 13.8. The molecule has 2 aliphatic carbocycles. The summed E-state index contributed by atoms with van der Waals surface area (Å²) in [4.78, 5) is 29.6. The monoisotopic (exact) mass is 304 g/mol. The summed E-state index contributed by atoms with van der Waals surface area (Å²) in [5.74, 6) is 1.19. The van der Waals surface area contributed by atoms with E-state index in [1.807, 2.05) is 4.90 Å². The molecule has 6 nitrogen and oxygen atoms in total. The van der Waals surface area contributed by atoms with Crippen molar-refractivity contribution >= 4 is 11.9 Å².